The van der Waals surface area contributed by atoms with Crippen molar-refractivity contribution in [2.24, 2.45) is 5.73 Å². The number of anilines is 1. The molecule has 0 aliphatic carbocycles. The van der Waals surface area contributed by atoms with Crippen molar-refractivity contribution in [1.82, 2.24) is 0 Å². The van der Waals surface area contributed by atoms with Crippen LogP contribution >= 0.6 is 23.8 Å². The molecule has 14 heavy (non-hydrogen) atoms. The summed E-state index contributed by atoms with van der Waals surface area (Å²) in [6.45, 7) is 4.23. The van der Waals surface area contributed by atoms with Gasteiger partial charge in [0.2, 0.25) is 0 Å². The minimum atomic E-state index is 0.226. The molecule has 1 rings (SSSR count). The van der Waals surface area contributed by atoms with Gasteiger partial charge in [0.25, 0.3) is 0 Å². The summed E-state index contributed by atoms with van der Waals surface area (Å²) in [6, 6.07) is 5.82. The Morgan fingerprint density at radius 3 is 2.57 bits per heavy atom. The lowest BCUT2D eigenvalue weighted by molar-refractivity contribution is 0.867. The van der Waals surface area contributed by atoms with E-state index < -0.39 is 0 Å². The minimum Gasteiger partial charge on any atom is -0.376 e. The molecule has 4 heteroatoms. The van der Waals surface area contributed by atoms with Gasteiger partial charge in [0, 0.05) is 0 Å². The monoisotopic (exact) mass is 228 g/mol. The molecule has 0 fully saturated rings. The molecule has 0 saturated carbocycles. The van der Waals surface area contributed by atoms with Gasteiger partial charge in [0.05, 0.1) is 10.7 Å². The first-order chi connectivity index (χ1) is 6.50. The lowest BCUT2D eigenvalue weighted by Crippen LogP contribution is -2.19. The molecule has 3 N–H and O–H groups in total. The van der Waals surface area contributed by atoms with E-state index in [9.17, 15) is 0 Å². The highest BCUT2D eigenvalue weighted by Gasteiger charge is 2.04. The Morgan fingerprint density at radius 1 is 1.50 bits per heavy atom. The zero-order valence-electron chi connectivity index (χ0n) is 8.17. The highest BCUT2D eigenvalue weighted by molar-refractivity contribution is 7.80. The van der Waals surface area contributed by atoms with Crippen LogP contribution in [0.1, 0.15) is 25.3 Å². The van der Waals surface area contributed by atoms with E-state index in [2.05, 4.69) is 19.2 Å². The van der Waals surface area contributed by atoms with E-state index >= 15 is 0 Å². The second kappa shape index (κ2) is 4.62. The summed E-state index contributed by atoms with van der Waals surface area (Å²) in [7, 11) is 0. The number of nitrogens with two attached hydrogens (primary N) is 1. The number of rotatable bonds is 2. The first-order valence-corrected chi connectivity index (χ1v) is 5.15. The van der Waals surface area contributed by atoms with E-state index in [-0.39, 0.29) is 5.11 Å². The maximum atomic E-state index is 6.04. The van der Waals surface area contributed by atoms with E-state index in [1.54, 1.807) is 0 Å². The van der Waals surface area contributed by atoms with Crippen LogP contribution in [0.15, 0.2) is 18.2 Å². The summed E-state index contributed by atoms with van der Waals surface area (Å²) in [5, 5.41) is 3.69. The molecule has 0 aliphatic heterocycles. The fourth-order valence-electron chi connectivity index (χ4n) is 1.12. The van der Waals surface area contributed by atoms with E-state index in [0.717, 1.165) is 5.69 Å². The van der Waals surface area contributed by atoms with Crippen LogP contribution in [0.2, 0.25) is 5.02 Å². The maximum absolute atomic E-state index is 6.04. The third kappa shape index (κ3) is 2.86. The Balaban J connectivity index is 2.95. The van der Waals surface area contributed by atoms with Gasteiger partial charge in [-0.25, -0.2) is 0 Å². The van der Waals surface area contributed by atoms with E-state index in [1.165, 1.54) is 5.56 Å². The van der Waals surface area contributed by atoms with Crippen LogP contribution in [0.3, 0.4) is 0 Å². The third-order valence-corrected chi connectivity index (χ3v) is 2.33. The largest absolute Gasteiger partial charge is 0.376 e. The fraction of sp³-hybridized carbons (Fsp3) is 0.300. The van der Waals surface area contributed by atoms with Crippen molar-refractivity contribution in [2.45, 2.75) is 19.8 Å². The molecule has 0 aliphatic rings. The Bertz CT molecular complexity index is 350. The molecule has 1 aromatic rings. The van der Waals surface area contributed by atoms with Gasteiger partial charge in [-0.2, -0.15) is 0 Å². The van der Waals surface area contributed by atoms with Gasteiger partial charge in [-0.1, -0.05) is 31.5 Å². The van der Waals surface area contributed by atoms with E-state index in [1.807, 2.05) is 18.2 Å². The van der Waals surface area contributed by atoms with Crippen LogP contribution in [0.5, 0.6) is 0 Å². The number of halogens is 1. The predicted molar refractivity (Wildman–Crippen MR) is 65.9 cm³/mol. The maximum Gasteiger partial charge on any atom is 0.168 e. The zero-order chi connectivity index (χ0) is 10.7. The lowest BCUT2D eigenvalue weighted by atomic mass is 10.0. The summed E-state index contributed by atoms with van der Waals surface area (Å²) in [5.41, 5.74) is 7.30. The summed E-state index contributed by atoms with van der Waals surface area (Å²) in [4.78, 5) is 0. The Kier molecular flexibility index (Phi) is 3.72. The fourth-order valence-corrected chi connectivity index (χ4v) is 1.47. The quantitative estimate of drug-likeness (QED) is 0.764. The zero-order valence-corrected chi connectivity index (χ0v) is 9.75. The topological polar surface area (TPSA) is 38.0 Å². The van der Waals surface area contributed by atoms with Gasteiger partial charge in [-0.3, -0.25) is 0 Å². The van der Waals surface area contributed by atoms with Crippen LogP contribution in [0, 0.1) is 0 Å². The van der Waals surface area contributed by atoms with Gasteiger partial charge in [0.15, 0.2) is 5.11 Å². The SMILES string of the molecule is CC(C)c1ccc(NC(N)=S)c(Cl)c1. The third-order valence-electron chi connectivity index (χ3n) is 1.92. The molecule has 0 atom stereocenters. The van der Waals surface area contributed by atoms with Crippen molar-refractivity contribution in [3.8, 4) is 0 Å². The van der Waals surface area contributed by atoms with Crippen molar-refractivity contribution in [1.29, 1.82) is 0 Å². The first-order valence-electron chi connectivity index (χ1n) is 4.36. The van der Waals surface area contributed by atoms with Gasteiger partial charge in [0.1, 0.15) is 0 Å². The highest BCUT2D eigenvalue weighted by Crippen LogP contribution is 2.26. The number of thiocarbonyl (C=S) groups is 1. The highest BCUT2D eigenvalue weighted by atomic mass is 35.5. The smallest absolute Gasteiger partial charge is 0.168 e. The number of benzene rings is 1. The second-order valence-corrected chi connectivity index (χ2v) is 4.23. The van der Waals surface area contributed by atoms with Gasteiger partial charge in [-0.05, 0) is 35.8 Å². The molecular formula is C10H13ClN2S. The minimum absolute atomic E-state index is 0.226. The van der Waals surface area contributed by atoms with E-state index in [4.69, 9.17) is 29.6 Å². The summed E-state index contributed by atoms with van der Waals surface area (Å²) in [6.07, 6.45) is 0. The molecule has 0 heterocycles. The summed E-state index contributed by atoms with van der Waals surface area (Å²) in [5.74, 6) is 0.464. The van der Waals surface area contributed by atoms with Crippen LogP contribution in [-0.4, -0.2) is 5.11 Å². The number of hydrogen-bond acceptors (Lipinski definition) is 1. The van der Waals surface area contributed by atoms with Crippen LogP contribution in [0.25, 0.3) is 0 Å². The van der Waals surface area contributed by atoms with Crippen molar-refractivity contribution in [3.05, 3.63) is 28.8 Å². The van der Waals surface area contributed by atoms with Crippen molar-refractivity contribution in [3.63, 3.8) is 0 Å². The predicted octanol–water partition coefficient (Wildman–Crippen LogP) is 3.12. The van der Waals surface area contributed by atoms with Crippen LogP contribution < -0.4 is 11.1 Å². The number of hydrogen-bond donors (Lipinski definition) is 2. The average molecular weight is 229 g/mol. The standard InChI is InChI=1S/C10H13ClN2S/c1-6(2)7-3-4-9(8(11)5-7)13-10(12)14/h3-6H,1-2H3,(H3,12,13,14). The average Bonchev–Trinajstić information content (AvgIpc) is 2.07. The second-order valence-electron chi connectivity index (χ2n) is 3.38. The van der Waals surface area contributed by atoms with Crippen LogP contribution in [-0.2, 0) is 0 Å². The van der Waals surface area contributed by atoms with Crippen molar-refractivity contribution >= 4 is 34.6 Å². The molecule has 0 bridgehead atoms. The first kappa shape index (κ1) is 11.3. The molecule has 0 amide bonds. The number of nitrogens with one attached hydrogen (secondary N) is 1. The Hall–Kier alpha value is -0.800. The summed E-state index contributed by atoms with van der Waals surface area (Å²) >= 11 is 10.8. The molecule has 0 saturated heterocycles. The van der Waals surface area contributed by atoms with E-state index in [0.29, 0.717) is 10.9 Å². The molecular weight excluding hydrogens is 216 g/mol. The molecule has 0 aromatic heterocycles. The van der Waals surface area contributed by atoms with Crippen molar-refractivity contribution in [2.75, 3.05) is 5.32 Å². The Morgan fingerprint density at radius 2 is 2.14 bits per heavy atom. The van der Waals surface area contributed by atoms with Gasteiger partial charge < -0.3 is 11.1 Å². The molecule has 0 radical (unpaired) electrons. The normalized spacial score (nSPS) is 10.3. The van der Waals surface area contributed by atoms with Crippen LogP contribution in [0.4, 0.5) is 5.69 Å². The molecule has 0 unspecified atom stereocenters. The van der Waals surface area contributed by atoms with Gasteiger partial charge >= 0.3 is 0 Å². The Labute approximate surface area is 94.4 Å². The molecule has 2 nitrogen and oxygen atoms in total. The molecule has 76 valence electrons. The molecule has 0 spiro atoms. The van der Waals surface area contributed by atoms with Gasteiger partial charge in [-0.15, -0.1) is 0 Å². The van der Waals surface area contributed by atoms with Crippen molar-refractivity contribution < 1.29 is 0 Å². The molecule has 1 aromatic carbocycles. The lowest BCUT2D eigenvalue weighted by Gasteiger charge is -2.10. The summed E-state index contributed by atoms with van der Waals surface area (Å²) < 4.78 is 0.